The highest BCUT2D eigenvalue weighted by molar-refractivity contribution is 7.99. The van der Waals surface area contributed by atoms with E-state index in [0.29, 0.717) is 37.6 Å². The molecule has 14 heteroatoms. The zero-order valence-corrected chi connectivity index (χ0v) is 36.1. The molecular weight excluding hydrogens is 761 g/mol. The normalized spacial score (nSPS) is 26.7. The van der Waals surface area contributed by atoms with Gasteiger partial charge in [-0.25, -0.2) is 5.43 Å². The molecule has 1 aromatic rings. The number of amides is 3. The van der Waals surface area contributed by atoms with E-state index < -0.39 is 12.1 Å². The van der Waals surface area contributed by atoms with Gasteiger partial charge in [-0.3, -0.25) is 19.2 Å². The summed E-state index contributed by atoms with van der Waals surface area (Å²) in [5.74, 6) is 0.730. The third kappa shape index (κ3) is 16.7. The third-order valence-electron chi connectivity index (χ3n) is 10.5. The molecule has 3 fully saturated rings. The molecule has 1 aromatic carbocycles. The van der Waals surface area contributed by atoms with Crippen LogP contribution >= 0.6 is 11.8 Å². The van der Waals surface area contributed by atoms with Crippen molar-refractivity contribution in [2.45, 2.75) is 135 Å². The number of rotatable bonds is 21. The fourth-order valence-corrected chi connectivity index (χ4v) is 7.50. The van der Waals surface area contributed by atoms with E-state index in [1.165, 1.54) is 24.8 Å². The number of carbonyl (C=O) groups is 4. The fourth-order valence-electron chi connectivity index (χ4n) is 7.14. The first-order valence-corrected chi connectivity index (χ1v) is 21.9. The SMILES string of the molecule is CSCC(=O)NCCCCCOc1ccc(/C(C)=N/NC(=O)C[C@@H]2C[C@@]3(CO3)C[C@@H](/C=C/C(C)=C/C[C@@H]3O[C@H](C)[C@H](NC(=O)/C=C\[C@H](C)OC(C)=O)C[C@@H]3C)O2)cc1. The molecule has 0 aliphatic carbocycles. The number of nitrogens with one attached hydrogen (secondary N) is 3. The molecule has 3 amide bonds. The Labute approximate surface area is 348 Å². The van der Waals surface area contributed by atoms with Crippen molar-refractivity contribution in [3.8, 4) is 5.75 Å². The second-order valence-electron chi connectivity index (χ2n) is 15.8. The van der Waals surface area contributed by atoms with Crippen LogP contribution in [0, 0.1) is 5.92 Å². The van der Waals surface area contributed by atoms with Gasteiger partial charge in [0, 0.05) is 32.4 Å². The Kier molecular flexibility index (Phi) is 19.0. The molecule has 58 heavy (non-hydrogen) atoms. The first-order valence-electron chi connectivity index (χ1n) is 20.5. The lowest BCUT2D eigenvalue weighted by atomic mass is 9.88. The van der Waals surface area contributed by atoms with Crippen LogP contribution in [0.25, 0.3) is 0 Å². The minimum Gasteiger partial charge on any atom is -0.494 e. The van der Waals surface area contributed by atoms with Gasteiger partial charge < -0.3 is 34.3 Å². The number of hydrazone groups is 1. The van der Waals surface area contributed by atoms with E-state index in [9.17, 15) is 19.2 Å². The summed E-state index contributed by atoms with van der Waals surface area (Å²) in [6.45, 7) is 13.0. The number of carbonyl (C=O) groups excluding carboxylic acids is 4. The van der Waals surface area contributed by atoms with Crippen LogP contribution in [-0.4, -0.2) is 103 Å². The lowest BCUT2D eigenvalue weighted by Gasteiger charge is -2.39. The highest BCUT2D eigenvalue weighted by Gasteiger charge is 2.51. The Hall–Kier alpha value is -3.98. The minimum absolute atomic E-state index is 0.0196. The van der Waals surface area contributed by atoms with Crippen molar-refractivity contribution in [1.29, 1.82) is 0 Å². The summed E-state index contributed by atoms with van der Waals surface area (Å²) in [5, 5.41) is 10.3. The van der Waals surface area contributed by atoms with E-state index >= 15 is 0 Å². The average Bonchev–Trinajstić information content (AvgIpc) is 3.92. The number of hydrogen-bond donors (Lipinski definition) is 3. The van der Waals surface area contributed by atoms with E-state index in [1.807, 2.05) is 44.4 Å². The Morgan fingerprint density at radius 2 is 1.78 bits per heavy atom. The number of ether oxygens (including phenoxy) is 5. The maximum Gasteiger partial charge on any atom is 0.303 e. The quantitative estimate of drug-likeness (QED) is 0.0256. The second kappa shape index (κ2) is 23.6. The molecule has 3 saturated heterocycles. The number of nitrogens with zero attached hydrogens (tertiary/aromatic N) is 1. The van der Waals surface area contributed by atoms with Gasteiger partial charge in [-0.15, -0.1) is 0 Å². The number of allylic oxidation sites excluding steroid dienone is 2. The largest absolute Gasteiger partial charge is 0.494 e. The predicted octanol–water partition coefficient (Wildman–Crippen LogP) is 5.96. The summed E-state index contributed by atoms with van der Waals surface area (Å²) in [6.07, 6.45) is 16.0. The van der Waals surface area contributed by atoms with Crippen LogP contribution in [0.15, 0.2) is 65.3 Å². The summed E-state index contributed by atoms with van der Waals surface area (Å²) in [5.41, 5.74) is 5.11. The van der Waals surface area contributed by atoms with E-state index in [2.05, 4.69) is 53.2 Å². The summed E-state index contributed by atoms with van der Waals surface area (Å²) in [6, 6.07) is 7.53. The zero-order chi connectivity index (χ0) is 42.1. The molecule has 4 rings (SSSR count). The van der Waals surface area contributed by atoms with E-state index in [-0.39, 0.29) is 66.1 Å². The van der Waals surface area contributed by atoms with Gasteiger partial charge in [-0.05, 0) is 108 Å². The van der Waals surface area contributed by atoms with E-state index in [1.54, 1.807) is 13.0 Å². The number of esters is 1. The average molecular weight is 825 g/mol. The molecule has 3 heterocycles. The number of benzene rings is 1. The highest BCUT2D eigenvalue weighted by Crippen LogP contribution is 2.43. The lowest BCUT2D eigenvalue weighted by molar-refractivity contribution is -0.143. The van der Waals surface area contributed by atoms with Crippen molar-refractivity contribution in [2.24, 2.45) is 11.0 Å². The Morgan fingerprint density at radius 1 is 1.02 bits per heavy atom. The van der Waals surface area contributed by atoms with E-state index in [0.717, 1.165) is 55.4 Å². The summed E-state index contributed by atoms with van der Waals surface area (Å²) in [4.78, 5) is 48.1. The van der Waals surface area contributed by atoms with E-state index in [4.69, 9.17) is 23.7 Å². The molecule has 3 aliphatic rings. The summed E-state index contributed by atoms with van der Waals surface area (Å²) >= 11 is 1.52. The lowest BCUT2D eigenvalue weighted by Crippen LogP contribution is -2.50. The molecule has 3 N–H and O–H groups in total. The molecule has 0 unspecified atom stereocenters. The highest BCUT2D eigenvalue weighted by atomic mass is 32.2. The van der Waals surface area contributed by atoms with Crippen LogP contribution in [0.3, 0.4) is 0 Å². The van der Waals surface area contributed by atoms with Crippen LogP contribution in [0.2, 0.25) is 0 Å². The second-order valence-corrected chi connectivity index (χ2v) is 16.6. The van der Waals surface area contributed by atoms with Crippen LogP contribution in [-0.2, 0) is 38.1 Å². The van der Waals surface area contributed by atoms with Gasteiger partial charge in [0.1, 0.15) is 11.9 Å². The minimum atomic E-state index is -0.477. The standard InChI is InChI=1S/C44H64N4O9S/c1-29(12-19-40-30(2)23-39(33(5)56-40)46-41(50)20-13-31(3)55-34(6)49)11-16-37-25-44(28-54-44)26-38(57-37)24-42(51)48-47-32(4)35-14-17-36(18-15-35)53-22-10-8-9-21-45-43(52)27-58-7/h11-18,20,30-31,33,37-40H,8-10,19,21-28H2,1-7H3,(H,45,52)(H,46,50)(H,48,51)/b16-11+,20-13-,29-12+,47-32+/t30-,31-,33+,37+,38+,39+,40-,44+/m0/s1. The van der Waals surface area contributed by atoms with Gasteiger partial charge in [0.25, 0.3) is 0 Å². The van der Waals surface area contributed by atoms with Crippen molar-refractivity contribution >= 4 is 41.2 Å². The molecule has 13 nitrogen and oxygen atoms in total. The monoisotopic (exact) mass is 824 g/mol. The first-order chi connectivity index (χ1) is 27.7. The molecule has 3 aliphatic heterocycles. The number of hydrogen-bond acceptors (Lipinski definition) is 11. The van der Waals surface area contributed by atoms with Gasteiger partial charge in [0.15, 0.2) is 0 Å². The fraction of sp³-hybridized carbons (Fsp3) is 0.614. The van der Waals surface area contributed by atoms with Gasteiger partial charge in [0.05, 0.1) is 67.2 Å². The van der Waals surface area contributed by atoms with Crippen molar-refractivity contribution in [2.75, 3.05) is 31.8 Å². The molecular formula is C44H64N4O9S. The molecule has 0 radical (unpaired) electrons. The zero-order valence-electron chi connectivity index (χ0n) is 35.3. The number of thioether (sulfide) groups is 1. The Morgan fingerprint density at radius 3 is 2.48 bits per heavy atom. The predicted molar refractivity (Wildman–Crippen MR) is 227 cm³/mol. The summed E-state index contributed by atoms with van der Waals surface area (Å²) < 4.78 is 29.5. The Bertz CT molecular complexity index is 1640. The van der Waals surface area contributed by atoms with Gasteiger partial charge in [-0.2, -0.15) is 16.9 Å². The van der Waals surface area contributed by atoms with Crippen LogP contribution in [0.4, 0.5) is 0 Å². The molecule has 0 bridgehead atoms. The van der Waals surface area contributed by atoms with Gasteiger partial charge in [-0.1, -0.05) is 30.7 Å². The molecule has 0 saturated carbocycles. The maximum absolute atomic E-state index is 13.0. The van der Waals surface area contributed by atoms with Crippen LogP contribution in [0.5, 0.6) is 5.75 Å². The van der Waals surface area contributed by atoms with Crippen LogP contribution in [0.1, 0.15) is 98.5 Å². The molecule has 320 valence electrons. The molecule has 8 atom stereocenters. The number of unbranched alkanes of at least 4 members (excludes halogenated alkanes) is 2. The van der Waals surface area contributed by atoms with Gasteiger partial charge in [0.2, 0.25) is 17.7 Å². The van der Waals surface area contributed by atoms with Crippen LogP contribution < -0.4 is 20.8 Å². The third-order valence-corrected chi connectivity index (χ3v) is 11.0. The van der Waals surface area contributed by atoms with Gasteiger partial charge >= 0.3 is 5.97 Å². The molecule has 1 spiro atoms. The first kappa shape index (κ1) is 46.7. The number of epoxide rings is 1. The van der Waals surface area contributed by atoms with Crippen molar-refractivity contribution in [3.63, 3.8) is 0 Å². The van der Waals surface area contributed by atoms with Crippen molar-refractivity contribution < 1.29 is 42.9 Å². The maximum atomic E-state index is 13.0. The Balaban J connectivity index is 1.17. The smallest absolute Gasteiger partial charge is 0.303 e. The molecule has 0 aromatic heterocycles. The van der Waals surface area contributed by atoms with Crippen molar-refractivity contribution in [3.05, 3.63) is 65.8 Å². The summed E-state index contributed by atoms with van der Waals surface area (Å²) in [7, 11) is 0. The topological polar surface area (TPSA) is 166 Å². The van der Waals surface area contributed by atoms with Crippen molar-refractivity contribution in [1.82, 2.24) is 16.1 Å².